The fourth-order valence-corrected chi connectivity index (χ4v) is 7.78. The van der Waals surface area contributed by atoms with Gasteiger partial charge in [0.25, 0.3) is 0 Å². The van der Waals surface area contributed by atoms with Crippen LogP contribution in [0.4, 0.5) is 0 Å². The number of phenolic OH excluding ortho intramolecular Hbond substituents is 12. The normalized spacial score (nSPS) is 7.75. The van der Waals surface area contributed by atoms with Gasteiger partial charge < -0.3 is 61.3 Å². The molecule has 0 spiro atoms. The highest BCUT2D eigenvalue weighted by atomic mass is 16.3. The quantitative estimate of drug-likeness (QED) is 0.0501. The third kappa shape index (κ3) is 97.2. The predicted molar refractivity (Wildman–Crippen MR) is 587 cm³/mol. The van der Waals surface area contributed by atoms with Gasteiger partial charge in [-0.1, -0.05) is 465 Å². The largest absolute Gasteiger partial charge is 0.508 e. The molecule has 12 nitrogen and oxygen atoms in total. The summed E-state index contributed by atoms with van der Waals surface area (Å²) in [6, 6.07) is 78.5. The van der Waals surface area contributed by atoms with Crippen LogP contribution in [-0.4, -0.2) is 61.3 Å². The third-order valence-corrected chi connectivity index (χ3v) is 12.9. The monoisotopic (exact) mass is 1800 g/mol. The van der Waals surface area contributed by atoms with Crippen LogP contribution in [0.3, 0.4) is 0 Å². The molecule has 129 heavy (non-hydrogen) atoms. The molecule has 12 aromatic carbocycles. The highest BCUT2D eigenvalue weighted by molar-refractivity contribution is 5.87. The van der Waals surface area contributed by atoms with E-state index >= 15 is 0 Å². The molecule has 12 aromatic rings. The van der Waals surface area contributed by atoms with Gasteiger partial charge in [-0.3, -0.25) is 0 Å². The molecule has 0 atom stereocenters. The van der Waals surface area contributed by atoms with Crippen LogP contribution in [0.5, 0.6) is 69.0 Å². The first kappa shape index (κ1) is 158. The van der Waals surface area contributed by atoms with Crippen molar-refractivity contribution in [3.63, 3.8) is 0 Å². The summed E-state index contributed by atoms with van der Waals surface area (Å²) in [6.45, 7) is 95.9. The number of hydrogen-bond acceptors (Lipinski definition) is 12. The lowest BCUT2D eigenvalue weighted by atomic mass is 9.87. The Morgan fingerprint density at radius 3 is 0.690 bits per heavy atom. The Morgan fingerprint density at radius 2 is 0.403 bits per heavy atom. The zero-order chi connectivity index (χ0) is 105. The van der Waals surface area contributed by atoms with Crippen LogP contribution in [0, 0.1) is 48.5 Å². The molecule has 0 amide bonds. The molecule has 0 radical (unpaired) electrons. The fourth-order valence-electron chi connectivity index (χ4n) is 7.78. The Kier molecular flexibility index (Phi) is 156. The van der Waals surface area contributed by atoms with Crippen molar-refractivity contribution in [3.05, 3.63) is 311 Å². The average molecular weight is 1800 g/mol. The van der Waals surface area contributed by atoms with E-state index in [-0.39, 0.29) is 28.4 Å². The molecule has 0 saturated heterocycles. The molecular weight excluding hydrogens is 1600 g/mol. The summed E-state index contributed by atoms with van der Waals surface area (Å²) in [4.78, 5) is 0. The SMILES string of the molecule is CC.CC.CC.CC.CC.CC.CC.CC.CC.CC.CC.CC.CC.CC.CC.CC.CC.CC.CC.CC(C)(C)c1ccc(O)cc1.Cc1cc(C)c(O)c(C)c1.Cc1ccc(O)cc1.Cc1cccc(C)c1O.Cc1ccccc1O.Oc1ccc(O)cc1.Oc1ccc2ccccc2c1.Oc1cccc2ccccc12.Oc1ccccc1.Oc1ccccc1O. The molecular formula is C117H200O12. The van der Waals surface area contributed by atoms with E-state index in [0.29, 0.717) is 46.0 Å². The molecule has 0 saturated carbocycles. The smallest absolute Gasteiger partial charge is 0.157 e. The topological polar surface area (TPSA) is 243 Å². The number of aryl methyl sites for hydroxylation is 7. The van der Waals surface area contributed by atoms with Gasteiger partial charge in [-0.25, -0.2) is 0 Å². The van der Waals surface area contributed by atoms with Crippen molar-refractivity contribution >= 4 is 21.5 Å². The van der Waals surface area contributed by atoms with Crippen LogP contribution in [0.1, 0.15) is 328 Å². The first-order valence-electron chi connectivity index (χ1n) is 48.0. The van der Waals surface area contributed by atoms with E-state index in [0.717, 1.165) is 49.4 Å². The van der Waals surface area contributed by atoms with Gasteiger partial charge in [-0.05, 0) is 200 Å². The van der Waals surface area contributed by atoms with Crippen molar-refractivity contribution in [2.45, 2.75) is 338 Å². The Morgan fingerprint density at radius 1 is 0.163 bits per heavy atom. The van der Waals surface area contributed by atoms with Gasteiger partial charge in [0.15, 0.2) is 11.5 Å². The second-order valence-electron chi connectivity index (χ2n) is 21.8. The summed E-state index contributed by atoms with van der Waals surface area (Å²) in [5, 5.41) is 111. The number of phenols is 12. The number of hydrogen-bond donors (Lipinski definition) is 12. The van der Waals surface area contributed by atoms with Crippen LogP contribution in [0.2, 0.25) is 0 Å². The van der Waals surface area contributed by atoms with Crippen LogP contribution >= 0.6 is 0 Å². The lowest BCUT2D eigenvalue weighted by Gasteiger charge is -2.18. The molecule has 12 heteroatoms. The van der Waals surface area contributed by atoms with Gasteiger partial charge in [0.2, 0.25) is 0 Å². The van der Waals surface area contributed by atoms with E-state index in [1.165, 1.54) is 53.1 Å². The lowest BCUT2D eigenvalue weighted by Crippen LogP contribution is -2.10. The van der Waals surface area contributed by atoms with Crippen molar-refractivity contribution in [2.75, 3.05) is 0 Å². The third-order valence-electron chi connectivity index (χ3n) is 12.9. The Hall–Kier alpha value is -11.2. The van der Waals surface area contributed by atoms with Crippen molar-refractivity contribution in [2.24, 2.45) is 0 Å². The van der Waals surface area contributed by atoms with E-state index < -0.39 is 0 Å². The van der Waals surface area contributed by atoms with Crippen molar-refractivity contribution < 1.29 is 61.3 Å². The minimum absolute atomic E-state index is 0.0764. The van der Waals surface area contributed by atoms with E-state index in [9.17, 15) is 15.3 Å². The zero-order valence-electron chi connectivity index (χ0n) is 91.3. The molecule has 0 aliphatic carbocycles. The maximum absolute atomic E-state index is 9.37. The summed E-state index contributed by atoms with van der Waals surface area (Å²) in [5.74, 6) is 3.05. The van der Waals surface area contributed by atoms with Crippen molar-refractivity contribution in [3.8, 4) is 69.0 Å². The maximum Gasteiger partial charge on any atom is 0.157 e. The fraction of sp³-hybridized carbons (Fsp3) is 0.419. The molecule has 12 rings (SSSR count). The molecule has 0 aliphatic rings. The van der Waals surface area contributed by atoms with Crippen LogP contribution < -0.4 is 0 Å². The molecule has 0 heterocycles. The van der Waals surface area contributed by atoms with Crippen LogP contribution in [0.25, 0.3) is 21.5 Å². The lowest BCUT2D eigenvalue weighted by molar-refractivity contribution is 0.404. The van der Waals surface area contributed by atoms with E-state index in [1.54, 1.807) is 84.9 Å². The zero-order valence-corrected chi connectivity index (χ0v) is 91.3. The van der Waals surface area contributed by atoms with Crippen molar-refractivity contribution in [1.29, 1.82) is 0 Å². The van der Waals surface area contributed by atoms with Crippen molar-refractivity contribution in [1.82, 2.24) is 0 Å². The number of fused-ring (bicyclic) bond motifs is 2. The van der Waals surface area contributed by atoms with Gasteiger partial charge in [0, 0.05) is 5.39 Å². The van der Waals surface area contributed by atoms with E-state index in [1.807, 2.05) is 457 Å². The molecule has 12 N–H and O–H groups in total. The number of para-hydroxylation sites is 5. The molecule has 0 bridgehead atoms. The number of aromatic hydroxyl groups is 12. The summed E-state index contributed by atoms with van der Waals surface area (Å²) < 4.78 is 0. The average Bonchev–Trinajstić information content (AvgIpc) is 0.845. The minimum atomic E-state index is -0.0764. The molecule has 0 aliphatic heterocycles. The summed E-state index contributed by atoms with van der Waals surface area (Å²) in [7, 11) is 0. The van der Waals surface area contributed by atoms with Gasteiger partial charge in [-0.15, -0.1) is 0 Å². The first-order valence-corrected chi connectivity index (χ1v) is 48.0. The summed E-state index contributed by atoms with van der Waals surface area (Å²) in [6.07, 6.45) is 0. The number of rotatable bonds is 0. The second kappa shape index (κ2) is 128. The Balaban J connectivity index is -0.0000000692. The Bertz CT molecular complexity index is 3790. The van der Waals surface area contributed by atoms with Gasteiger partial charge in [0.05, 0.1) is 0 Å². The first-order chi connectivity index (χ1) is 62.1. The van der Waals surface area contributed by atoms with Gasteiger partial charge in [0.1, 0.15) is 57.5 Å². The molecule has 0 unspecified atom stereocenters. The molecule has 0 aromatic heterocycles. The standard InChI is InChI=1S/2C10H8O.C10H14O.C9H12O.C8H10O.2C7H8O.2C6H6O2.C6H6O.19C2H6/c11-10-7-3-5-8-4-1-2-6-9(8)10;11-10-6-5-8-3-1-2-4-9(8)7-10;1-10(2,3)8-4-6-9(11)7-5-8;1-6-4-7(2)9(10)8(3)5-6;1-6-4-3-5-7(2)8(6)9;1-6-2-4-7(8)5-3-6;1-6-4-2-3-5-7(6)8;7-5-1-2-6(8)4-3-5;7-5-3-1-2-4-6(5)8;7-6-4-2-1-3-5-6;19*1-2/h2*1-7,11H;4-7,11H,1-3H3;4-5,10H,1-3H3;3-5,9H,1-2H3;2*2-5,8H,1H3;2*1-4,7-8H;1-5,7H;19*1-2H3. The van der Waals surface area contributed by atoms with E-state index in [2.05, 4.69) is 20.8 Å². The van der Waals surface area contributed by atoms with E-state index in [4.69, 9.17) is 46.0 Å². The maximum atomic E-state index is 9.37. The number of benzene rings is 12. The molecule has 740 valence electrons. The molecule has 0 fully saturated rings. The van der Waals surface area contributed by atoms with Gasteiger partial charge in [-0.2, -0.15) is 0 Å². The van der Waals surface area contributed by atoms with Crippen LogP contribution in [0.15, 0.2) is 267 Å². The second-order valence-corrected chi connectivity index (χ2v) is 21.8. The van der Waals surface area contributed by atoms with Crippen LogP contribution in [-0.2, 0) is 5.41 Å². The predicted octanol–water partition coefficient (Wildman–Crippen LogP) is 38.6. The highest BCUT2D eigenvalue weighted by Gasteiger charge is 2.12. The summed E-state index contributed by atoms with van der Waals surface area (Å²) >= 11 is 0. The van der Waals surface area contributed by atoms with Gasteiger partial charge >= 0.3 is 0 Å². The highest BCUT2D eigenvalue weighted by Crippen LogP contribution is 2.27. The minimum Gasteiger partial charge on any atom is -0.508 e. The summed E-state index contributed by atoms with van der Waals surface area (Å²) in [5.41, 5.74) is 8.51. The Labute approximate surface area is 796 Å².